The molecule has 92 valence electrons. The smallest absolute Gasteiger partial charge is 0.253 e. The second kappa shape index (κ2) is 4.86. The van der Waals surface area contributed by atoms with Crippen LogP contribution in [0.15, 0.2) is 21.0 Å². The van der Waals surface area contributed by atoms with Gasteiger partial charge in [-0.25, -0.2) is 4.98 Å². The fourth-order valence-corrected chi connectivity index (χ4v) is 2.52. The highest BCUT2D eigenvalue weighted by atomic mass is 32.2. The molecule has 0 fully saturated rings. The molecule has 0 unspecified atom stereocenters. The molecule has 2 rings (SSSR count). The SMILES string of the molecule is Nc1cc(=O)[nH]c(SC2=N[C@@H](N)C[C@H](O)C2)n1. The van der Waals surface area contributed by atoms with Gasteiger partial charge in [0.2, 0.25) is 0 Å². The van der Waals surface area contributed by atoms with Crippen molar-refractivity contribution in [3.63, 3.8) is 0 Å². The predicted octanol–water partition coefficient (Wildman–Crippen LogP) is -0.718. The Bertz CT molecular complexity index is 500. The second-order valence-corrected chi connectivity index (χ2v) is 4.82. The Kier molecular flexibility index (Phi) is 3.46. The summed E-state index contributed by atoms with van der Waals surface area (Å²) < 4.78 is 0. The summed E-state index contributed by atoms with van der Waals surface area (Å²) in [5.74, 6) is 0.150. The van der Waals surface area contributed by atoms with Gasteiger partial charge < -0.3 is 21.6 Å². The number of nitrogens with zero attached hydrogens (tertiary/aromatic N) is 2. The van der Waals surface area contributed by atoms with Crippen molar-refractivity contribution < 1.29 is 5.11 Å². The van der Waals surface area contributed by atoms with Gasteiger partial charge in [-0.3, -0.25) is 9.79 Å². The maximum absolute atomic E-state index is 11.2. The summed E-state index contributed by atoms with van der Waals surface area (Å²) >= 11 is 1.16. The second-order valence-electron chi connectivity index (χ2n) is 3.76. The molecule has 0 spiro atoms. The van der Waals surface area contributed by atoms with E-state index in [9.17, 15) is 9.90 Å². The van der Waals surface area contributed by atoms with Gasteiger partial charge in [0.05, 0.1) is 11.1 Å². The Labute approximate surface area is 101 Å². The standard InChI is InChI=1S/C9H13N5O2S/c10-5-1-4(15)2-8(12-5)17-9-13-6(11)3-7(16)14-9/h3-5,15H,1-2,10H2,(H3,11,13,14,16)/t4-,5+/m0/s1. The maximum atomic E-state index is 11.2. The Balaban J connectivity index is 2.18. The molecular formula is C9H13N5O2S. The van der Waals surface area contributed by atoms with E-state index in [0.717, 1.165) is 11.8 Å². The molecule has 1 aromatic heterocycles. The van der Waals surface area contributed by atoms with Crippen LogP contribution in [0.25, 0.3) is 0 Å². The zero-order valence-electron chi connectivity index (χ0n) is 8.96. The van der Waals surface area contributed by atoms with Crippen LogP contribution < -0.4 is 17.0 Å². The Morgan fingerprint density at radius 1 is 1.59 bits per heavy atom. The number of thioether (sulfide) groups is 1. The number of anilines is 1. The molecule has 17 heavy (non-hydrogen) atoms. The lowest BCUT2D eigenvalue weighted by Crippen LogP contribution is -2.31. The Morgan fingerprint density at radius 2 is 2.35 bits per heavy atom. The van der Waals surface area contributed by atoms with Gasteiger partial charge in [0.1, 0.15) is 12.0 Å². The number of hydrogen-bond acceptors (Lipinski definition) is 7. The number of aromatic amines is 1. The van der Waals surface area contributed by atoms with E-state index in [0.29, 0.717) is 23.0 Å². The minimum Gasteiger partial charge on any atom is -0.393 e. The van der Waals surface area contributed by atoms with Crippen LogP contribution in [0.3, 0.4) is 0 Å². The molecule has 0 amide bonds. The molecule has 2 heterocycles. The van der Waals surface area contributed by atoms with Crippen molar-refractivity contribution in [2.45, 2.75) is 30.3 Å². The number of rotatable bonds is 1. The van der Waals surface area contributed by atoms with Crippen molar-refractivity contribution in [1.29, 1.82) is 0 Å². The number of aliphatic hydroxyl groups is 1. The first kappa shape index (κ1) is 12.1. The van der Waals surface area contributed by atoms with E-state index in [-0.39, 0.29) is 11.4 Å². The van der Waals surface area contributed by atoms with Crippen LogP contribution in [-0.4, -0.2) is 32.4 Å². The number of H-pyrrole nitrogens is 1. The van der Waals surface area contributed by atoms with E-state index in [2.05, 4.69) is 15.0 Å². The van der Waals surface area contributed by atoms with E-state index in [1.807, 2.05) is 0 Å². The fraction of sp³-hybridized carbons (Fsp3) is 0.444. The van der Waals surface area contributed by atoms with Crippen molar-refractivity contribution in [1.82, 2.24) is 9.97 Å². The molecule has 0 aromatic carbocycles. The quantitative estimate of drug-likeness (QED) is 0.490. The monoisotopic (exact) mass is 255 g/mol. The lowest BCUT2D eigenvalue weighted by molar-refractivity contribution is 0.159. The molecule has 8 heteroatoms. The first-order valence-electron chi connectivity index (χ1n) is 5.08. The highest BCUT2D eigenvalue weighted by molar-refractivity contribution is 8.13. The van der Waals surface area contributed by atoms with Gasteiger partial charge in [-0.2, -0.15) is 0 Å². The predicted molar refractivity (Wildman–Crippen MR) is 65.8 cm³/mol. The highest BCUT2D eigenvalue weighted by Crippen LogP contribution is 2.23. The number of aromatic nitrogens is 2. The van der Waals surface area contributed by atoms with E-state index >= 15 is 0 Å². The number of aliphatic hydroxyl groups excluding tert-OH is 1. The largest absolute Gasteiger partial charge is 0.393 e. The molecule has 2 atom stereocenters. The Hall–Kier alpha value is -1.38. The van der Waals surface area contributed by atoms with Crippen LogP contribution in [0.4, 0.5) is 5.82 Å². The van der Waals surface area contributed by atoms with Gasteiger partial charge in [-0.1, -0.05) is 0 Å². The lowest BCUT2D eigenvalue weighted by Gasteiger charge is -2.20. The number of nitrogen functional groups attached to an aromatic ring is 1. The normalized spacial score (nSPS) is 24.5. The number of aliphatic imine (C=N–C) groups is 1. The van der Waals surface area contributed by atoms with Crippen molar-refractivity contribution in [2.75, 3.05) is 5.73 Å². The van der Waals surface area contributed by atoms with Crippen LogP contribution in [0.2, 0.25) is 0 Å². The molecule has 0 radical (unpaired) electrons. The molecule has 0 saturated heterocycles. The summed E-state index contributed by atoms with van der Waals surface area (Å²) in [6, 6.07) is 1.20. The van der Waals surface area contributed by atoms with Gasteiger partial charge >= 0.3 is 0 Å². The first-order chi connectivity index (χ1) is 8.02. The average Bonchev–Trinajstić information content (AvgIpc) is 2.13. The third-order valence-electron chi connectivity index (χ3n) is 2.19. The van der Waals surface area contributed by atoms with E-state index in [4.69, 9.17) is 11.5 Å². The molecule has 1 aliphatic rings. The number of nitrogens with one attached hydrogen (secondary N) is 1. The van der Waals surface area contributed by atoms with Gasteiger partial charge in [0.25, 0.3) is 5.56 Å². The third-order valence-corrected chi connectivity index (χ3v) is 3.08. The zero-order chi connectivity index (χ0) is 12.4. The topological polar surface area (TPSA) is 130 Å². The Morgan fingerprint density at radius 3 is 3.00 bits per heavy atom. The minimum absolute atomic E-state index is 0.150. The average molecular weight is 255 g/mol. The molecular weight excluding hydrogens is 242 g/mol. The fourth-order valence-electron chi connectivity index (χ4n) is 1.54. The summed E-state index contributed by atoms with van der Waals surface area (Å²) in [5.41, 5.74) is 10.8. The van der Waals surface area contributed by atoms with Crippen molar-refractivity contribution in [3.8, 4) is 0 Å². The van der Waals surface area contributed by atoms with Crippen molar-refractivity contribution >= 4 is 22.6 Å². The number of nitrogens with two attached hydrogens (primary N) is 2. The molecule has 0 bridgehead atoms. The molecule has 6 N–H and O–H groups in total. The summed E-state index contributed by atoms with van der Waals surface area (Å²) in [5, 5.41) is 10.5. The van der Waals surface area contributed by atoms with Gasteiger partial charge in [-0.05, 0) is 11.8 Å². The van der Waals surface area contributed by atoms with E-state index in [1.165, 1.54) is 6.07 Å². The van der Waals surface area contributed by atoms with E-state index in [1.54, 1.807) is 0 Å². The number of hydrogen-bond donors (Lipinski definition) is 4. The molecule has 1 aliphatic heterocycles. The first-order valence-corrected chi connectivity index (χ1v) is 5.89. The van der Waals surface area contributed by atoms with E-state index < -0.39 is 12.3 Å². The summed E-state index contributed by atoms with van der Waals surface area (Å²) in [6.45, 7) is 0. The maximum Gasteiger partial charge on any atom is 0.253 e. The molecule has 0 saturated carbocycles. The highest BCUT2D eigenvalue weighted by Gasteiger charge is 2.20. The van der Waals surface area contributed by atoms with Gasteiger partial charge in [-0.15, -0.1) is 0 Å². The van der Waals surface area contributed by atoms with Crippen LogP contribution >= 0.6 is 11.8 Å². The summed E-state index contributed by atoms with van der Waals surface area (Å²) in [7, 11) is 0. The van der Waals surface area contributed by atoms with Crippen molar-refractivity contribution in [2.24, 2.45) is 10.7 Å². The summed E-state index contributed by atoms with van der Waals surface area (Å²) in [6.07, 6.45) is -0.0474. The minimum atomic E-state index is -0.502. The van der Waals surface area contributed by atoms with Crippen molar-refractivity contribution in [3.05, 3.63) is 16.4 Å². The van der Waals surface area contributed by atoms with Crippen LogP contribution in [0, 0.1) is 0 Å². The third kappa shape index (κ3) is 3.29. The zero-order valence-corrected chi connectivity index (χ0v) is 9.78. The van der Waals surface area contributed by atoms with Crippen LogP contribution in [0.5, 0.6) is 0 Å². The molecule has 7 nitrogen and oxygen atoms in total. The molecule has 0 aliphatic carbocycles. The van der Waals surface area contributed by atoms with Crippen LogP contribution in [0.1, 0.15) is 12.8 Å². The molecule has 1 aromatic rings. The summed E-state index contributed by atoms with van der Waals surface area (Å²) in [4.78, 5) is 21.9. The van der Waals surface area contributed by atoms with Crippen LogP contribution in [-0.2, 0) is 0 Å². The van der Waals surface area contributed by atoms with Gasteiger partial charge in [0.15, 0.2) is 5.16 Å². The van der Waals surface area contributed by atoms with Gasteiger partial charge in [0, 0.05) is 18.9 Å². The lowest BCUT2D eigenvalue weighted by atomic mass is 10.1.